The van der Waals surface area contributed by atoms with Crippen molar-refractivity contribution < 1.29 is 17.6 Å². The summed E-state index contributed by atoms with van der Waals surface area (Å²) in [6.07, 6.45) is 1.55. The fraction of sp³-hybridized carbons (Fsp3) is 0.458. The van der Waals surface area contributed by atoms with Crippen molar-refractivity contribution in [3.05, 3.63) is 64.0 Å². The zero-order valence-electron chi connectivity index (χ0n) is 18.7. The van der Waals surface area contributed by atoms with Gasteiger partial charge in [0.1, 0.15) is 5.82 Å². The molecule has 1 fully saturated rings. The molecule has 5 nitrogen and oxygen atoms in total. The SMILES string of the molecule is Cc1cc(C)c(C)c(S(=O)(=O)N2CCC(C(=O)NCCc3cccc(F)c3)CC2)c1C. The molecule has 2 aromatic rings. The molecule has 1 aliphatic rings. The maximum absolute atomic E-state index is 13.4. The van der Waals surface area contributed by atoms with Crippen LogP contribution < -0.4 is 5.32 Å². The fourth-order valence-electron chi connectivity index (χ4n) is 4.22. The molecule has 1 saturated heterocycles. The van der Waals surface area contributed by atoms with Gasteiger partial charge in [-0.1, -0.05) is 18.2 Å². The van der Waals surface area contributed by atoms with Gasteiger partial charge in [-0.3, -0.25) is 4.79 Å². The lowest BCUT2D eigenvalue weighted by Gasteiger charge is -2.31. The summed E-state index contributed by atoms with van der Waals surface area (Å²) in [5, 5.41) is 2.91. The molecule has 1 N–H and O–H groups in total. The Morgan fingerprint density at radius 2 is 1.68 bits per heavy atom. The number of hydrogen-bond acceptors (Lipinski definition) is 3. The molecule has 31 heavy (non-hydrogen) atoms. The molecule has 0 spiro atoms. The van der Waals surface area contributed by atoms with Gasteiger partial charge < -0.3 is 5.32 Å². The van der Waals surface area contributed by atoms with E-state index in [1.54, 1.807) is 6.07 Å². The van der Waals surface area contributed by atoms with E-state index in [0.717, 1.165) is 27.8 Å². The van der Waals surface area contributed by atoms with Crippen molar-refractivity contribution in [3.63, 3.8) is 0 Å². The number of rotatable bonds is 6. The maximum atomic E-state index is 13.4. The van der Waals surface area contributed by atoms with Crippen LogP contribution in [0, 0.1) is 39.4 Å². The summed E-state index contributed by atoms with van der Waals surface area (Å²) in [5.74, 6) is -0.556. The number of aryl methyl sites for hydroxylation is 2. The second kappa shape index (κ2) is 9.49. The number of nitrogens with zero attached hydrogens (tertiary/aromatic N) is 1. The largest absolute Gasteiger partial charge is 0.356 e. The first-order valence-corrected chi connectivity index (χ1v) is 12.1. The zero-order chi connectivity index (χ0) is 22.8. The third-order valence-electron chi connectivity index (χ3n) is 6.32. The molecular weight excluding hydrogens is 415 g/mol. The number of amides is 1. The molecule has 3 rings (SSSR count). The van der Waals surface area contributed by atoms with E-state index in [0.29, 0.717) is 43.8 Å². The van der Waals surface area contributed by atoms with E-state index in [1.807, 2.05) is 39.8 Å². The van der Waals surface area contributed by atoms with E-state index < -0.39 is 10.0 Å². The number of piperidine rings is 1. The van der Waals surface area contributed by atoms with Gasteiger partial charge in [-0.2, -0.15) is 4.31 Å². The lowest BCUT2D eigenvalue weighted by atomic mass is 9.97. The van der Waals surface area contributed by atoms with Crippen LogP contribution in [0.15, 0.2) is 35.2 Å². The van der Waals surface area contributed by atoms with E-state index in [1.165, 1.54) is 16.4 Å². The highest BCUT2D eigenvalue weighted by Gasteiger charge is 2.34. The Balaban J connectivity index is 1.59. The fourth-order valence-corrected chi connectivity index (χ4v) is 6.27. The summed E-state index contributed by atoms with van der Waals surface area (Å²) >= 11 is 0. The normalized spacial score (nSPS) is 15.8. The van der Waals surface area contributed by atoms with Crippen LogP contribution in [0.25, 0.3) is 0 Å². The molecule has 0 unspecified atom stereocenters. The molecule has 0 atom stereocenters. The Bertz CT molecular complexity index is 1050. The van der Waals surface area contributed by atoms with Crippen LogP contribution in [0.3, 0.4) is 0 Å². The quantitative estimate of drug-likeness (QED) is 0.734. The summed E-state index contributed by atoms with van der Waals surface area (Å²) in [4.78, 5) is 12.9. The minimum atomic E-state index is -3.61. The standard InChI is InChI=1S/C24H31FN2O3S/c1-16-14-17(2)19(4)23(18(16)3)31(29,30)27-12-9-21(10-13-27)24(28)26-11-8-20-6-5-7-22(25)15-20/h5-7,14-15,21H,8-13H2,1-4H3,(H,26,28). The lowest BCUT2D eigenvalue weighted by molar-refractivity contribution is -0.126. The zero-order valence-corrected chi connectivity index (χ0v) is 19.5. The highest BCUT2D eigenvalue weighted by Crippen LogP contribution is 2.31. The molecule has 2 aromatic carbocycles. The number of hydrogen-bond donors (Lipinski definition) is 1. The number of carbonyl (C=O) groups excluding carboxylic acids is 1. The highest BCUT2D eigenvalue weighted by molar-refractivity contribution is 7.89. The number of benzene rings is 2. The van der Waals surface area contributed by atoms with Gasteiger partial charge in [0, 0.05) is 25.6 Å². The minimum Gasteiger partial charge on any atom is -0.356 e. The number of sulfonamides is 1. The third-order valence-corrected chi connectivity index (χ3v) is 8.49. The number of carbonyl (C=O) groups is 1. The molecule has 0 aromatic heterocycles. The first-order valence-electron chi connectivity index (χ1n) is 10.7. The summed E-state index contributed by atoms with van der Waals surface area (Å²) in [7, 11) is -3.61. The van der Waals surface area contributed by atoms with Crippen LogP contribution in [-0.2, 0) is 21.2 Å². The van der Waals surface area contributed by atoms with Crippen LogP contribution in [0.4, 0.5) is 4.39 Å². The number of halogens is 1. The van der Waals surface area contributed by atoms with E-state index in [2.05, 4.69) is 5.32 Å². The van der Waals surface area contributed by atoms with Crippen molar-refractivity contribution in [1.82, 2.24) is 9.62 Å². The monoisotopic (exact) mass is 446 g/mol. The summed E-state index contributed by atoms with van der Waals surface area (Å²) < 4.78 is 41.5. The molecule has 0 aliphatic carbocycles. The first-order chi connectivity index (χ1) is 14.6. The molecule has 0 bridgehead atoms. The summed E-state index contributed by atoms with van der Waals surface area (Å²) in [6.45, 7) is 8.66. The van der Waals surface area contributed by atoms with E-state index in [-0.39, 0.29) is 17.6 Å². The van der Waals surface area contributed by atoms with Crippen molar-refractivity contribution in [2.24, 2.45) is 5.92 Å². The highest BCUT2D eigenvalue weighted by atomic mass is 32.2. The second-order valence-corrected chi connectivity index (χ2v) is 10.3. The van der Waals surface area contributed by atoms with Crippen molar-refractivity contribution in [1.29, 1.82) is 0 Å². The van der Waals surface area contributed by atoms with Crippen molar-refractivity contribution in [2.75, 3.05) is 19.6 Å². The minimum absolute atomic E-state index is 0.0628. The van der Waals surface area contributed by atoms with Crippen LogP contribution in [0.2, 0.25) is 0 Å². The van der Waals surface area contributed by atoms with Gasteiger partial charge in [0.15, 0.2) is 0 Å². The molecule has 1 heterocycles. The van der Waals surface area contributed by atoms with Crippen LogP contribution in [0.5, 0.6) is 0 Å². The molecule has 7 heteroatoms. The topological polar surface area (TPSA) is 66.5 Å². The predicted molar refractivity (Wildman–Crippen MR) is 120 cm³/mol. The van der Waals surface area contributed by atoms with Gasteiger partial charge in [0.05, 0.1) is 4.90 Å². The van der Waals surface area contributed by atoms with Crippen LogP contribution in [0.1, 0.15) is 40.7 Å². The van der Waals surface area contributed by atoms with Crippen LogP contribution in [-0.4, -0.2) is 38.3 Å². The Morgan fingerprint density at radius 3 is 2.26 bits per heavy atom. The second-order valence-electron chi connectivity index (χ2n) is 8.44. The molecule has 0 saturated carbocycles. The average molecular weight is 447 g/mol. The Hall–Kier alpha value is -2.25. The van der Waals surface area contributed by atoms with Crippen molar-refractivity contribution >= 4 is 15.9 Å². The molecule has 1 amide bonds. The smallest absolute Gasteiger partial charge is 0.243 e. The van der Waals surface area contributed by atoms with Gasteiger partial charge in [-0.15, -0.1) is 0 Å². The van der Waals surface area contributed by atoms with Crippen LogP contribution >= 0.6 is 0 Å². The third kappa shape index (κ3) is 5.15. The van der Waals surface area contributed by atoms with Gasteiger partial charge in [-0.25, -0.2) is 12.8 Å². The van der Waals surface area contributed by atoms with Gasteiger partial charge in [0.2, 0.25) is 15.9 Å². The van der Waals surface area contributed by atoms with Gasteiger partial charge in [-0.05, 0) is 86.9 Å². The maximum Gasteiger partial charge on any atom is 0.243 e. The van der Waals surface area contributed by atoms with Crippen molar-refractivity contribution in [2.45, 2.75) is 51.9 Å². The predicted octanol–water partition coefficient (Wildman–Crippen LogP) is 3.82. The Morgan fingerprint density at radius 1 is 1.06 bits per heavy atom. The van der Waals surface area contributed by atoms with E-state index >= 15 is 0 Å². The molecule has 168 valence electrons. The lowest BCUT2D eigenvalue weighted by Crippen LogP contribution is -2.43. The number of nitrogens with one attached hydrogen (secondary N) is 1. The van der Waals surface area contributed by atoms with Gasteiger partial charge >= 0.3 is 0 Å². The van der Waals surface area contributed by atoms with Gasteiger partial charge in [0.25, 0.3) is 0 Å². The van der Waals surface area contributed by atoms with E-state index in [9.17, 15) is 17.6 Å². The Labute approximate surface area is 184 Å². The van der Waals surface area contributed by atoms with Crippen molar-refractivity contribution in [3.8, 4) is 0 Å². The molecule has 1 aliphatic heterocycles. The first kappa shape index (κ1) is 23.4. The molecular formula is C24H31FN2O3S. The summed E-state index contributed by atoms with van der Waals surface area (Å²) in [5.41, 5.74) is 4.35. The Kier molecular flexibility index (Phi) is 7.17. The van der Waals surface area contributed by atoms with E-state index in [4.69, 9.17) is 0 Å². The molecule has 0 radical (unpaired) electrons. The summed E-state index contributed by atoms with van der Waals surface area (Å²) in [6, 6.07) is 8.36. The average Bonchev–Trinajstić information content (AvgIpc) is 2.72.